The zero-order chi connectivity index (χ0) is 23.0. The van der Waals surface area contributed by atoms with Crippen molar-refractivity contribution < 1.29 is 22.5 Å². The molecule has 1 N–H and O–H groups in total. The molecule has 1 unspecified atom stereocenters. The molecule has 176 valence electrons. The van der Waals surface area contributed by atoms with Crippen molar-refractivity contribution in [2.24, 2.45) is 0 Å². The van der Waals surface area contributed by atoms with E-state index in [9.17, 15) is 22.5 Å². The predicted octanol–water partition coefficient (Wildman–Crippen LogP) is 5.76. The van der Waals surface area contributed by atoms with Gasteiger partial charge in [-0.15, -0.1) is 11.8 Å². The number of phenols is 1. The van der Waals surface area contributed by atoms with E-state index in [2.05, 4.69) is 4.90 Å². The van der Waals surface area contributed by atoms with Gasteiger partial charge in [0.05, 0.1) is 15.5 Å². The third kappa shape index (κ3) is 5.19. The number of benzene rings is 1. The number of thioether (sulfide) groups is 1. The minimum Gasteiger partial charge on any atom is -0.507 e. The Hall–Kier alpha value is -0.930. The summed E-state index contributed by atoms with van der Waals surface area (Å²) in [6, 6.07) is 3.64. The summed E-state index contributed by atoms with van der Waals surface area (Å²) in [5.74, 6) is -2.28. The fourth-order valence-corrected chi connectivity index (χ4v) is 6.32. The number of anilines is 1. The molecule has 1 aromatic rings. The molecule has 3 fully saturated rings. The summed E-state index contributed by atoms with van der Waals surface area (Å²) in [5, 5.41) is 10.3. The number of halogens is 3. The average Bonchev–Trinajstić information content (AvgIpc) is 2.85. The molecule has 0 spiro atoms. The molecule has 3 aliphatic carbocycles. The molecule has 1 aromatic carbocycles. The summed E-state index contributed by atoms with van der Waals surface area (Å²) in [5.41, 5.74) is -0.0434. The van der Waals surface area contributed by atoms with Crippen LogP contribution < -0.4 is 4.90 Å². The van der Waals surface area contributed by atoms with Crippen molar-refractivity contribution in [1.29, 1.82) is 0 Å². The lowest BCUT2D eigenvalue weighted by molar-refractivity contribution is 0.00379. The van der Waals surface area contributed by atoms with Gasteiger partial charge >= 0.3 is 0 Å². The molecule has 4 nitrogen and oxygen atoms in total. The number of likely N-dealkylation sites (N-methyl/N-ethyl adjacent to an activating group) is 1. The first-order valence-corrected chi connectivity index (χ1v) is 13.2. The molecular formula is C22H33F3N2O2S2. The molecular weight excluding hydrogens is 445 g/mol. The fraction of sp³-hybridized carbons (Fsp3) is 0.727. The summed E-state index contributed by atoms with van der Waals surface area (Å²) in [6.07, 6.45) is 6.33. The maximum Gasteiger partial charge on any atom is 0.245 e. The van der Waals surface area contributed by atoms with Crippen molar-refractivity contribution >= 4 is 28.4 Å². The van der Waals surface area contributed by atoms with Crippen molar-refractivity contribution in [2.45, 2.75) is 85.7 Å². The molecule has 0 aromatic heterocycles. The molecule has 0 radical (unpaired) electrons. The van der Waals surface area contributed by atoms with Gasteiger partial charge in [-0.2, -0.15) is 0 Å². The second-order valence-electron chi connectivity index (χ2n) is 9.04. The van der Waals surface area contributed by atoms with Gasteiger partial charge in [0.25, 0.3) is 0 Å². The van der Waals surface area contributed by atoms with Crippen LogP contribution in [0, 0.1) is 0 Å². The van der Waals surface area contributed by atoms with Gasteiger partial charge in [-0.25, -0.2) is 21.7 Å². The molecule has 9 heteroatoms. The van der Waals surface area contributed by atoms with Crippen LogP contribution in [0.15, 0.2) is 21.9 Å². The fourth-order valence-electron chi connectivity index (χ4n) is 4.68. The van der Waals surface area contributed by atoms with Crippen molar-refractivity contribution in [3.63, 3.8) is 0 Å². The van der Waals surface area contributed by atoms with Crippen LogP contribution in [0.1, 0.15) is 58.8 Å². The van der Waals surface area contributed by atoms with E-state index in [1.54, 1.807) is 6.07 Å². The molecule has 1 atom stereocenters. The highest BCUT2D eigenvalue weighted by molar-refractivity contribution is 7.98. The van der Waals surface area contributed by atoms with E-state index in [0.29, 0.717) is 30.7 Å². The number of phenolic OH excluding ortho intramolecular Hbond substituents is 1. The zero-order valence-electron chi connectivity index (χ0n) is 18.7. The van der Waals surface area contributed by atoms with Gasteiger partial charge < -0.3 is 10.0 Å². The largest absolute Gasteiger partial charge is 0.507 e. The Morgan fingerprint density at radius 1 is 1.16 bits per heavy atom. The number of aromatic hydroxyl groups is 1. The lowest BCUT2D eigenvalue weighted by Gasteiger charge is -2.55. The van der Waals surface area contributed by atoms with Crippen LogP contribution in [0.3, 0.4) is 0 Å². The highest BCUT2D eigenvalue weighted by atomic mass is 32.2. The summed E-state index contributed by atoms with van der Waals surface area (Å²) < 4.78 is 52.3. The monoisotopic (exact) mass is 478 g/mol. The van der Waals surface area contributed by atoms with Crippen LogP contribution >= 0.6 is 11.8 Å². The number of nitrogens with zero attached hydrogens (tertiary/aromatic N) is 2. The van der Waals surface area contributed by atoms with E-state index in [4.69, 9.17) is 0 Å². The number of rotatable bonds is 3. The van der Waals surface area contributed by atoms with Gasteiger partial charge in [-0.1, -0.05) is 6.92 Å². The maximum absolute atomic E-state index is 14.6. The van der Waals surface area contributed by atoms with E-state index in [0.717, 1.165) is 43.3 Å². The number of fused-ring (bicyclic) bond motifs is 4. The van der Waals surface area contributed by atoms with Crippen LogP contribution in [0.5, 0.6) is 5.75 Å². The van der Waals surface area contributed by atoms with Gasteiger partial charge in [-0.3, -0.25) is 0 Å². The highest BCUT2D eigenvalue weighted by Crippen LogP contribution is 2.54. The van der Waals surface area contributed by atoms with E-state index in [1.165, 1.54) is 18.7 Å². The van der Waals surface area contributed by atoms with Crippen LogP contribution in [-0.4, -0.2) is 57.1 Å². The average molecular weight is 479 g/mol. The zero-order valence-corrected chi connectivity index (χ0v) is 20.4. The number of alkyl halides is 3. The molecule has 5 rings (SSSR count). The first-order valence-electron chi connectivity index (χ1n) is 10.8. The Bertz CT molecular complexity index is 807. The molecule has 3 saturated carbocycles. The Labute approximate surface area is 190 Å². The topological polar surface area (TPSA) is 43.8 Å². The van der Waals surface area contributed by atoms with E-state index < -0.39 is 22.6 Å². The normalized spacial score (nSPS) is 30.9. The number of hydrogen-bond donors (Lipinski definition) is 1. The van der Waals surface area contributed by atoms with Crippen LogP contribution in [0.25, 0.3) is 0 Å². The molecule has 2 bridgehead atoms. The summed E-state index contributed by atoms with van der Waals surface area (Å²) in [7, 11) is 0.566. The highest BCUT2D eigenvalue weighted by Gasteiger charge is 2.52. The van der Waals surface area contributed by atoms with Crippen molar-refractivity contribution in [3.8, 4) is 5.75 Å². The lowest BCUT2D eigenvalue weighted by atomic mass is 9.63. The molecule has 4 aliphatic rings. The van der Waals surface area contributed by atoms with Gasteiger partial charge in [-0.05, 0) is 57.8 Å². The minimum absolute atomic E-state index is 0.0371. The van der Waals surface area contributed by atoms with E-state index >= 15 is 0 Å². The second-order valence-corrected chi connectivity index (χ2v) is 11.5. The molecule has 0 amide bonds. The summed E-state index contributed by atoms with van der Waals surface area (Å²) >= 11 is 1.49. The minimum atomic E-state index is -2.46. The first kappa shape index (κ1) is 24.7. The summed E-state index contributed by atoms with van der Waals surface area (Å²) in [6.45, 7) is 3.85. The first-order chi connectivity index (χ1) is 14.4. The molecule has 0 saturated heterocycles. The van der Waals surface area contributed by atoms with Crippen LogP contribution in [0.4, 0.5) is 18.9 Å². The maximum atomic E-state index is 14.6. The van der Waals surface area contributed by atoms with Crippen LogP contribution in [0.2, 0.25) is 0 Å². The van der Waals surface area contributed by atoms with Gasteiger partial charge in [0.2, 0.25) is 5.92 Å². The Balaban J connectivity index is 0.000000401. The Kier molecular flexibility index (Phi) is 7.28. The SMILES string of the molecule is CCC(C)(F)F.CSc1cc2c(cc1O)S(=O)N(C)CCN2C12CCC(F)(CC1)CC2. The van der Waals surface area contributed by atoms with Crippen molar-refractivity contribution in [3.05, 3.63) is 12.1 Å². The molecule has 1 aliphatic heterocycles. The third-order valence-corrected chi connectivity index (χ3v) is 9.19. The lowest BCUT2D eigenvalue weighted by Crippen LogP contribution is -2.58. The van der Waals surface area contributed by atoms with Gasteiger partial charge in [0.15, 0.2) is 0 Å². The molecule has 31 heavy (non-hydrogen) atoms. The van der Waals surface area contributed by atoms with Gasteiger partial charge in [0, 0.05) is 38.2 Å². The van der Waals surface area contributed by atoms with Crippen LogP contribution in [-0.2, 0) is 11.0 Å². The van der Waals surface area contributed by atoms with E-state index in [1.807, 2.05) is 23.7 Å². The quantitative estimate of drug-likeness (QED) is 0.562. The number of hydrogen-bond acceptors (Lipinski definition) is 4. The van der Waals surface area contributed by atoms with E-state index in [-0.39, 0.29) is 17.7 Å². The predicted molar refractivity (Wildman–Crippen MR) is 121 cm³/mol. The molecule has 1 heterocycles. The van der Waals surface area contributed by atoms with Crippen molar-refractivity contribution in [1.82, 2.24) is 4.31 Å². The summed E-state index contributed by atoms with van der Waals surface area (Å²) in [4.78, 5) is 3.86. The standard InChI is InChI=1S/C18H25FN2O2S2.C4H8F2/c1-20-9-10-21(18-6-3-17(19,4-7-18)5-8-18)13-11-15(24-2)14(22)12-16(13)25(20)23;1-3-4(2,5)6/h11-12,22H,3-10H2,1-2H3;3H2,1-2H3. The smallest absolute Gasteiger partial charge is 0.245 e. The second kappa shape index (κ2) is 9.14. The van der Waals surface area contributed by atoms with Gasteiger partial charge in [0.1, 0.15) is 22.4 Å². The van der Waals surface area contributed by atoms with Crippen molar-refractivity contribution in [2.75, 3.05) is 31.3 Å². The Morgan fingerprint density at radius 2 is 1.71 bits per heavy atom. The Morgan fingerprint density at radius 3 is 2.19 bits per heavy atom. The third-order valence-electron chi connectivity index (χ3n) is 6.97.